The normalized spacial score (nSPS) is 27.6. The van der Waals surface area contributed by atoms with Gasteiger partial charge in [-0.15, -0.1) is 0 Å². The van der Waals surface area contributed by atoms with Crippen molar-refractivity contribution in [2.75, 3.05) is 6.54 Å². The molecule has 1 fully saturated rings. The van der Waals surface area contributed by atoms with Crippen LogP contribution in [0, 0.1) is 17.2 Å². The van der Waals surface area contributed by atoms with Gasteiger partial charge in [0, 0.05) is 12.6 Å². The van der Waals surface area contributed by atoms with Gasteiger partial charge in [0.15, 0.2) is 0 Å². The van der Waals surface area contributed by atoms with E-state index in [1.54, 1.807) is 0 Å². The molecule has 1 aliphatic rings. The minimum Gasteiger partial charge on any atom is -0.281 e. The average molecular weight is 214 g/mol. The van der Waals surface area contributed by atoms with Gasteiger partial charge >= 0.3 is 0 Å². The maximum absolute atomic E-state index is 9.21. The Balaban J connectivity index is 2.17. The molecule has 1 aromatic carbocycles. The van der Waals surface area contributed by atoms with Gasteiger partial charge in [0.2, 0.25) is 0 Å². The standard InChI is InChI=1S/C14H18N2/c1-11-8-9-16(14(11)10-15)12(2)13-6-4-3-5-7-13/h3-7,11-12,14H,8-9H2,1-2H3. The zero-order chi connectivity index (χ0) is 11.5. The van der Waals surface area contributed by atoms with E-state index in [0.717, 1.165) is 13.0 Å². The van der Waals surface area contributed by atoms with Crippen LogP contribution in [0.25, 0.3) is 0 Å². The zero-order valence-corrected chi connectivity index (χ0v) is 9.93. The molecule has 2 nitrogen and oxygen atoms in total. The third kappa shape index (κ3) is 1.96. The molecule has 0 N–H and O–H groups in total. The maximum Gasteiger partial charge on any atom is 0.101 e. The molecule has 1 aliphatic heterocycles. The fourth-order valence-electron chi connectivity index (χ4n) is 2.54. The van der Waals surface area contributed by atoms with Gasteiger partial charge in [0.25, 0.3) is 0 Å². The highest BCUT2D eigenvalue weighted by Gasteiger charge is 2.34. The molecule has 0 aliphatic carbocycles. The van der Waals surface area contributed by atoms with Crippen LogP contribution in [-0.4, -0.2) is 17.5 Å². The SMILES string of the molecule is CC1CCN(C(C)c2ccccc2)C1C#N. The third-order valence-corrected chi connectivity index (χ3v) is 3.65. The zero-order valence-electron chi connectivity index (χ0n) is 9.93. The highest BCUT2D eigenvalue weighted by Crippen LogP contribution is 2.31. The molecule has 0 spiro atoms. The van der Waals surface area contributed by atoms with Crippen LogP contribution in [0.5, 0.6) is 0 Å². The van der Waals surface area contributed by atoms with Crippen molar-refractivity contribution in [3.05, 3.63) is 35.9 Å². The van der Waals surface area contributed by atoms with E-state index in [2.05, 4.69) is 49.1 Å². The number of hydrogen-bond donors (Lipinski definition) is 0. The predicted octanol–water partition coefficient (Wildman–Crippen LogP) is 2.98. The van der Waals surface area contributed by atoms with Crippen molar-refractivity contribution >= 4 is 0 Å². The minimum atomic E-state index is 0.0789. The van der Waals surface area contributed by atoms with E-state index in [1.807, 2.05) is 6.07 Å². The Bertz CT molecular complexity index is 379. The van der Waals surface area contributed by atoms with E-state index < -0.39 is 0 Å². The Morgan fingerprint density at radius 2 is 2.06 bits per heavy atom. The number of benzene rings is 1. The third-order valence-electron chi connectivity index (χ3n) is 3.65. The summed E-state index contributed by atoms with van der Waals surface area (Å²) in [6.45, 7) is 5.40. The van der Waals surface area contributed by atoms with Crippen molar-refractivity contribution in [3.8, 4) is 6.07 Å². The Labute approximate surface area is 97.5 Å². The molecule has 1 saturated heterocycles. The summed E-state index contributed by atoms with van der Waals surface area (Å²) in [5, 5.41) is 9.21. The molecule has 3 unspecified atom stereocenters. The van der Waals surface area contributed by atoms with Gasteiger partial charge in [-0.25, -0.2) is 0 Å². The van der Waals surface area contributed by atoms with Gasteiger partial charge in [0.05, 0.1) is 6.07 Å². The van der Waals surface area contributed by atoms with E-state index in [-0.39, 0.29) is 6.04 Å². The fourth-order valence-corrected chi connectivity index (χ4v) is 2.54. The predicted molar refractivity (Wildman–Crippen MR) is 64.7 cm³/mol. The van der Waals surface area contributed by atoms with E-state index >= 15 is 0 Å². The van der Waals surface area contributed by atoms with Gasteiger partial charge in [-0.05, 0) is 24.8 Å². The summed E-state index contributed by atoms with van der Waals surface area (Å²) in [6, 6.07) is 13.3. The fraction of sp³-hybridized carbons (Fsp3) is 0.500. The van der Waals surface area contributed by atoms with Crippen molar-refractivity contribution in [2.24, 2.45) is 5.92 Å². The summed E-state index contributed by atoms with van der Waals surface area (Å²) in [5.74, 6) is 0.496. The lowest BCUT2D eigenvalue weighted by atomic mass is 10.0. The van der Waals surface area contributed by atoms with Crippen molar-refractivity contribution in [1.82, 2.24) is 4.90 Å². The van der Waals surface area contributed by atoms with Crippen LogP contribution < -0.4 is 0 Å². The summed E-state index contributed by atoms with van der Waals surface area (Å²) in [6.07, 6.45) is 1.13. The van der Waals surface area contributed by atoms with Crippen LogP contribution in [-0.2, 0) is 0 Å². The molecular formula is C14H18N2. The smallest absolute Gasteiger partial charge is 0.101 e. The van der Waals surface area contributed by atoms with Crippen LogP contribution in [0.15, 0.2) is 30.3 Å². The van der Waals surface area contributed by atoms with E-state index in [0.29, 0.717) is 12.0 Å². The molecule has 0 aromatic heterocycles. The first-order chi connectivity index (χ1) is 7.74. The van der Waals surface area contributed by atoms with E-state index in [4.69, 9.17) is 0 Å². The van der Waals surface area contributed by atoms with Crippen molar-refractivity contribution in [3.63, 3.8) is 0 Å². The molecule has 2 rings (SSSR count). The van der Waals surface area contributed by atoms with Crippen LogP contribution in [0.3, 0.4) is 0 Å². The highest BCUT2D eigenvalue weighted by atomic mass is 15.2. The molecule has 2 heteroatoms. The molecule has 0 bridgehead atoms. The molecule has 1 heterocycles. The van der Waals surface area contributed by atoms with Crippen LogP contribution in [0.2, 0.25) is 0 Å². The number of hydrogen-bond acceptors (Lipinski definition) is 2. The van der Waals surface area contributed by atoms with Crippen molar-refractivity contribution in [1.29, 1.82) is 5.26 Å². The Morgan fingerprint density at radius 1 is 1.38 bits per heavy atom. The van der Waals surface area contributed by atoms with Gasteiger partial charge in [-0.2, -0.15) is 5.26 Å². The molecule has 3 atom stereocenters. The highest BCUT2D eigenvalue weighted by molar-refractivity contribution is 5.20. The second kappa shape index (κ2) is 4.67. The topological polar surface area (TPSA) is 27.0 Å². The lowest BCUT2D eigenvalue weighted by molar-refractivity contribution is 0.213. The summed E-state index contributed by atoms with van der Waals surface area (Å²) in [7, 11) is 0. The first-order valence-electron chi connectivity index (χ1n) is 5.94. The maximum atomic E-state index is 9.21. The Kier molecular flexibility index (Phi) is 3.26. The van der Waals surface area contributed by atoms with Gasteiger partial charge < -0.3 is 0 Å². The molecular weight excluding hydrogens is 196 g/mol. The molecule has 16 heavy (non-hydrogen) atoms. The van der Waals surface area contributed by atoms with Crippen molar-refractivity contribution in [2.45, 2.75) is 32.4 Å². The van der Waals surface area contributed by atoms with Gasteiger partial charge in [-0.3, -0.25) is 4.90 Å². The number of nitrogens with zero attached hydrogens (tertiary/aromatic N) is 2. The number of rotatable bonds is 2. The average Bonchev–Trinajstić information content (AvgIpc) is 2.70. The molecule has 84 valence electrons. The first kappa shape index (κ1) is 11.2. The van der Waals surface area contributed by atoms with Crippen molar-refractivity contribution < 1.29 is 0 Å². The minimum absolute atomic E-state index is 0.0789. The first-order valence-corrected chi connectivity index (χ1v) is 5.94. The van der Waals surface area contributed by atoms with Gasteiger partial charge in [0.1, 0.15) is 6.04 Å². The van der Waals surface area contributed by atoms with Gasteiger partial charge in [-0.1, -0.05) is 37.3 Å². The van der Waals surface area contributed by atoms with Crippen LogP contribution in [0.1, 0.15) is 31.9 Å². The van der Waals surface area contributed by atoms with E-state index in [1.165, 1.54) is 5.56 Å². The van der Waals surface area contributed by atoms with E-state index in [9.17, 15) is 5.26 Å². The Morgan fingerprint density at radius 3 is 2.69 bits per heavy atom. The molecule has 0 radical (unpaired) electrons. The molecule has 0 amide bonds. The van der Waals surface area contributed by atoms with Crippen LogP contribution >= 0.6 is 0 Å². The summed E-state index contributed by atoms with van der Waals surface area (Å²) in [5.41, 5.74) is 1.30. The molecule has 1 aromatic rings. The number of nitriles is 1. The summed E-state index contributed by atoms with van der Waals surface area (Å²) >= 11 is 0. The second-order valence-electron chi connectivity index (χ2n) is 4.66. The lowest BCUT2D eigenvalue weighted by Crippen LogP contribution is -2.33. The monoisotopic (exact) mass is 214 g/mol. The lowest BCUT2D eigenvalue weighted by Gasteiger charge is -2.28. The Hall–Kier alpha value is -1.33. The summed E-state index contributed by atoms with van der Waals surface area (Å²) in [4.78, 5) is 2.32. The second-order valence-corrected chi connectivity index (χ2v) is 4.66. The van der Waals surface area contributed by atoms with Crippen LogP contribution in [0.4, 0.5) is 0 Å². The number of likely N-dealkylation sites (tertiary alicyclic amines) is 1. The summed E-state index contributed by atoms with van der Waals surface area (Å²) < 4.78 is 0. The molecule has 0 saturated carbocycles. The largest absolute Gasteiger partial charge is 0.281 e. The quantitative estimate of drug-likeness (QED) is 0.756.